The number of primary amides is 1. The van der Waals surface area contributed by atoms with Gasteiger partial charge in [-0.25, -0.2) is 0 Å². The van der Waals surface area contributed by atoms with Crippen LogP contribution in [0.15, 0.2) is 12.2 Å². The summed E-state index contributed by atoms with van der Waals surface area (Å²) in [5.74, 6) is -0.292. The lowest BCUT2D eigenvalue weighted by atomic mass is 10.1. The van der Waals surface area contributed by atoms with Gasteiger partial charge in [0.1, 0.15) is 0 Å². The van der Waals surface area contributed by atoms with Crippen molar-refractivity contribution in [3.63, 3.8) is 0 Å². The second kappa shape index (κ2) is 23.7. The Hall–Kier alpha value is -1.32. The average molecular weight is 398 g/mol. The summed E-state index contributed by atoms with van der Waals surface area (Å²) in [5, 5.41) is 0. The Kier molecular flexibility index (Phi) is 24.5. The molecule has 0 unspecified atom stereocenters. The van der Waals surface area contributed by atoms with Gasteiger partial charge in [-0.05, 0) is 39.0 Å². The normalized spacial score (nSPS) is 10.8. The third-order valence-electron chi connectivity index (χ3n) is 4.52. The molecule has 0 aliphatic heterocycles. The van der Waals surface area contributed by atoms with Crippen molar-refractivity contribution in [3.05, 3.63) is 12.2 Å². The van der Waals surface area contributed by atoms with E-state index in [4.69, 9.17) is 10.5 Å². The highest BCUT2D eigenvalue weighted by atomic mass is 16.5. The fraction of sp³-hybridized carbons (Fsp3) is 0.833. The Labute approximate surface area is 174 Å². The predicted octanol–water partition coefficient (Wildman–Crippen LogP) is 6.71. The smallest absolute Gasteiger partial charge is 0.305 e. The molecule has 0 rings (SSSR count). The van der Waals surface area contributed by atoms with Gasteiger partial charge in [0, 0.05) is 12.3 Å². The van der Waals surface area contributed by atoms with Crippen LogP contribution in [0.5, 0.6) is 0 Å². The summed E-state index contributed by atoms with van der Waals surface area (Å²) in [6, 6.07) is 0. The minimum Gasteiger partial charge on any atom is -0.466 e. The van der Waals surface area contributed by atoms with E-state index in [2.05, 4.69) is 19.1 Å². The number of esters is 1. The van der Waals surface area contributed by atoms with E-state index in [-0.39, 0.29) is 17.8 Å². The number of amides is 1. The number of hydrogen-bond donors (Lipinski definition) is 1. The monoisotopic (exact) mass is 397 g/mol. The van der Waals surface area contributed by atoms with Crippen LogP contribution in [0.2, 0.25) is 0 Å². The number of carbonyl (C=O) groups excluding carboxylic acids is 2. The Bertz CT molecular complexity index is 378. The van der Waals surface area contributed by atoms with Crippen molar-refractivity contribution in [2.45, 2.75) is 118 Å². The first-order chi connectivity index (χ1) is 13.5. The first kappa shape index (κ1) is 28.9. The van der Waals surface area contributed by atoms with E-state index >= 15 is 0 Å². The van der Waals surface area contributed by atoms with Crippen LogP contribution < -0.4 is 5.73 Å². The van der Waals surface area contributed by atoms with Crippen LogP contribution in [0.3, 0.4) is 0 Å². The molecule has 0 saturated carbocycles. The van der Waals surface area contributed by atoms with Gasteiger partial charge < -0.3 is 10.5 Å². The molecule has 0 spiro atoms. The zero-order chi connectivity index (χ0) is 21.5. The van der Waals surface area contributed by atoms with Gasteiger partial charge in [-0.1, -0.05) is 84.3 Å². The van der Waals surface area contributed by atoms with Gasteiger partial charge in [0.25, 0.3) is 0 Å². The lowest BCUT2D eigenvalue weighted by Gasteiger charge is -2.01. The van der Waals surface area contributed by atoms with Crippen molar-refractivity contribution in [1.29, 1.82) is 0 Å². The molecule has 4 nitrogen and oxygen atoms in total. The fourth-order valence-corrected chi connectivity index (χ4v) is 2.57. The molecule has 0 saturated heterocycles. The van der Waals surface area contributed by atoms with Crippen LogP contribution in [0.1, 0.15) is 118 Å². The lowest BCUT2D eigenvalue weighted by Crippen LogP contribution is -2.17. The maximum Gasteiger partial charge on any atom is 0.305 e. The second-order valence-electron chi connectivity index (χ2n) is 7.70. The third-order valence-corrected chi connectivity index (χ3v) is 4.52. The van der Waals surface area contributed by atoms with E-state index in [0.29, 0.717) is 13.0 Å². The Morgan fingerprint density at radius 1 is 0.786 bits per heavy atom. The second-order valence-corrected chi connectivity index (χ2v) is 7.70. The van der Waals surface area contributed by atoms with Gasteiger partial charge in [-0.3, -0.25) is 9.59 Å². The van der Waals surface area contributed by atoms with E-state index in [1.165, 1.54) is 70.6 Å². The summed E-state index contributed by atoms with van der Waals surface area (Å²) in [5.41, 5.74) is 4.80. The number of nitrogens with two attached hydrogens (primary N) is 1. The zero-order valence-corrected chi connectivity index (χ0v) is 19.1. The maximum atomic E-state index is 11.1. The summed E-state index contributed by atoms with van der Waals surface area (Å²) in [6.07, 6.45) is 22.0. The highest BCUT2D eigenvalue weighted by Crippen LogP contribution is 2.10. The molecule has 0 fully saturated rings. The van der Waals surface area contributed by atoms with Crippen molar-refractivity contribution in [3.8, 4) is 0 Å². The molecule has 0 aliphatic rings. The van der Waals surface area contributed by atoms with Crippen LogP contribution in [0.4, 0.5) is 0 Å². The van der Waals surface area contributed by atoms with E-state index in [9.17, 15) is 9.59 Å². The van der Waals surface area contributed by atoms with Crippen LogP contribution in [-0.4, -0.2) is 18.5 Å². The molecule has 0 aliphatic carbocycles. The summed E-state index contributed by atoms with van der Waals surface area (Å²) >= 11 is 0. The first-order valence-electron chi connectivity index (χ1n) is 11.6. The van der Waals surface area contributed by atoms with Crippen molar-refractivity contribution >= 4 is 11.9 Å². The van der Waals surface area contributed by atoms with Crippen LogP contribution in [0, 0.1) is 5.92 Å². The van der Waals surface area contributed by atoms with E-state index in [1.54, 1.807) is 13.8 Å². The SMILES string of the molecule is CC(C)C(N)=O.CCCCCCCC/C=C\CCCCCCCC(=O)OCC. The molecule has 0 aromatic carbocycles. The largest absolute Gasteiger partial charge is 0.466 e. The van der Waals surface area contributed by atoms with Crippen molar-refractivity contribution < 1.29 is 14.3 Å². The molecule has 0 heterocycles. The molecule has 2 N–H and O–H groups in total. The quantitative estimate of drug-likeness (QED) is 0.168. The standard InChI is InChI=1S/C20H38O2.C4H9NO/c1-3-5-6-7-8-9-10-11-12-13-14-15-16-17-18-19-20(21)22-4-2;1-3(2)4(5)6/h11-12H,3-10,13-19H2,1-2H3;3H,1-2H3,(H2,5,6)/b12-11-;. The summed E-state index contributed by atoms with van der Waals surface area (Å²) in [6.45, 7) is 8.16. The Balaban J connectivity index is 0. The van der Waals surface area contributed by atoms with Crippen LogP contribution in [0.25, 0.3) is 0 Å². The average Bonchev–Trinajstić information content (AvgIpc) is 2.65. The van der Waals surface area contributed by atoms with Crippen LogP contribution in [-0.2, 0) is 14.3 Å². The number of allylic oxidation sites excluding steroid dienone is 2. The van der Waals surface area contributed by atoms with E-state index < -0.39 is 0 Å². The van der Waals surface area contributed by atoms with Gasteiger partial charge in [-0.15, -0.1) is 0 Å². The van der Waals surface area contributed by atoms with Crippen molar-refractivity contribution in [2.24, 2.45) is 11.7 Å². The number of rotatable bonds is 17. The van der Waals surface area contributed by atoms with E-state index in [0.717, 1.165) is 12.8 Å². The predicted molar refractivity (Wildman–Crippen MR) is 120 cm³/mol. The van der Waals surface area contributed by atoms with Gasteiger partial charge >= 0.3 is 5.97 Å². The lowest BCUT2D eigenvalue weighted by molar-refractivity contribution is -0.143. The maximum absolute atomic E-state index is 11.1. The van der Waals surface area contributed by atoms with Gasteiger partial charge in [0.15, 0.2) is 0 Å². The third kappa shape index (κ3) is 26.9. The van der Waals surface area contributed by atoms with Gasteiger partial charge in [-0.2, -0.15) is 0 Å². The highest BCUT2D eigenvalue weighted by molar-refractivity contribution is 5.75. The molecule has 0 aromatic rings. The number of unbranched alkanes of at least 4 members (excludes halogenated alkanes) is 11. The molecule has 1 amide bonds. The molecule has 166 valence electrons. The number of ether oxygens (including phenoxy) is 1. The minimum absolute atomic E-state index is 0.00926. The van der Waals surface area contributed by atoms with Gasteiger partial charge in [0.05, 0.1) is 6.61 Å². The number of hydrogen-bond acceptors (Lipinski definition) is 3. The molecule has 0 atom stereocenters. The molecule has 4 heteroatoms. The molecule has 0 radical (unpaired) electrons. The molecule has 28 heavy (non-hydrogen) atoms. The summed E-state index contributed by atoms with van der Waals surface area (Å²) in [4.78, 5) is 21.1. The topological polar surface area (TPSA) is 69.4 Å². The van der Waals surface area contributed by atoms with Crippen molar-refractivity contribution in [1.82, 2.24) is 0 Å². The fourth-order valence-electron chi connectivity index (χ4n) is 2.57. The minimum atomic E-state index is -0.241. The van der Waals surface area contributed by atoms with Gasteiger partial charge in [0.2, 0.25) is 5.91 Å². The molecule has 0 bridgehead atoms. The zero-order valence-electron chi connectivity index (χ0n) is 19.1. The first-order valence-corrected chi connectivity index (χ1v) is 11.6. The highest BCUT2D eigenvalue weighted by Gasteiger charge is 2.00. The molecular weight excluding hydrogens is 350 g/mol. The summed E-state index contributed by atoms with van der Waals surface area (Å²) in [7, 11) is 0. The number of carbonyl (C=O) groups is 2. The molecule has 0 aromatic heterocycles. The van der Waals surface area contributed by atoms with Crippen molar-refractivity contribution in [2.75, 3.05) is 6.61 Å². The Morgan fingerprint density at radius 3 is 1.64 bits per heavy atom. The Morgan fingerprint density at radius 2 is 1.21 bits per heavy atom. The summed E-state index contributed by atoms with van der Waals surface area (Å²) < 4.78 is 4.91. The van der Waals surface area contributed by atoms with E-state index in [1.807, 2.05) is 6.92 Å². The van der Waals surface area contributed by atoms with Crippen LogP contribution >= 0.6 is 0 Å². The molecular formula is C24H47NO3.